The third-order valence-corrected chi connectivity index (χ3v) is 2.37. The molecule has 0 fully saturated rings. The predicted octanol–water partition coefficient (Wildman–Crippen LogP) is 2.94. The number of aliphatic hydroxyl groups excluding tert-OH is 1. The number of hydrogen-bond acceptors (Lipinski definition) is 2. The summed E-state index contributed by atoms with van der Waals surface area (Å²) in [7, 11) is 0. The fourth-order valence-electron chi connectivity index (χ4n) is 1.58. The van der Waals surface area contributed by atoms with Crippen LogP contribution in [0.3, 0.4) is 0 Å². The second-order valence-electron chi connectivity index (χ2n) is 3.67. The van der Waals surface area contributed by atoms with Crippen LogP contribution in [0.25, 0.3) is 0 Å². The lowest BCUT2D eigenvalue weighted by Gasteiger charge is -2.16. The van der Waals surface area contributed by atoms with Crippen LogP contribution in [-0.2, 0) is 0 Å². The fraction of sp³-hybridized carbons (Fsp3) is 0.417. The van der Waals surface area contributed by atoms with Crippen LogP contribution in [0.4, 0.5) is 8.78 Å². The summed E-state index contributed by atoms with van der Waals surface area (Å²) in [6.45, 7) is 1.88. The lowest BCUT2D eigenvalue weighted by Crippen LogP contribution is -2.11. The van der Waals surface area contributed by atoms with Crippen molar-refractivity contribution in [3.63, 3.8) is 0 Å². The first-order valence-electron chi connectivity index (χ1n) is 5.12. The van der Waals surface area contributed by atoms with Crippen LogP contribution in [0.2, 0.25) is 0 Å². The van der Waals surface area contributed by atoms with Gasteiger partial charge < -0.3 is 5.11 Å². The van der Waals surface area contributed by atoms with Crippen LogP contribution in [-0.4, -0.2) is 5.11 Å². The summed E-state index contributed by atoms with van der Waals surface area (Å²) in [5.41, 5.74) is 0.109. The van der Waals surface area contributed by atoms with Gasteiger partial charge >= 0.3 is 0 Å². The number of halogens is 2. The molecule has 86 valence electrons. The molecule has 2 nitrogen and oxygen atoms in total. The van der Waals surface area contributed by atoms with Gasteiger partial charge in [0.1, 0.15) is 11.6 Å². The van der Waals surface area contributed by atoms with Crippen molar-refractivity contribution in [2.24, 2.45) is 5.92 Å². The van der Waals surface area contributed by atoms with Crippen molar-refractivity contribution in [1.29, 1.82) is 5.26 Å². The summed E-state index contributed by atoms with van der Waals surface area (Å²) < 4.78 is 25.8. The smallest absolute Gasteiger partial charge is 0.126 e. The lowest BCUT2D eigenvalue weighted by atomic mass is 9.93. The monoisotopic (exact) mass is 225 g/mol. The van der Waals surface area contributed by atoms with E-state index in [0.717, 1.165) is 24.6 Å². The SMILES string of the molecule is CCCC(C#N)C(O)c1cc(F)cc(F)c1. The highest BCUT2D eigenvalue weighted by Gasteiger charge is 2.20. The standard InChI is InChI=1S/C12H13F2NO/c1-2-3-8(7-15)12(16)9-4-10(13)6-11(14)5-9/h4-6,8,12,16H,2-3H2,1H3. The maximum atomic E-state index is 12.9. The normalized spacial score (nSPS) is 14.2. The van der Waals surface area contributed by atoms with E-state index in [0.29, 0.717) is 6.42 Å². The van der Waals surface area contributed by atoms with E-state index in [-0.39, 0.29) is 5.56 Å². The zero-order valence-electron chi connectivity index (χ0n) is 8.95. The number of aliphatic hydroxyl groups is 1. The van der Waals surface area contributed by atoms with E-state index in [2.05, 4.69) is 0 Å². The Labute approximate surface area is 93.1 Å². The number of nitriles is 1. The van der Waals surface area contributed by atoms with Gasteiger partial charge in [-0.25, -0.2) is 8.78 Å². The van der Waals surface area contributed by atoms with Crippen molar-refractivity contribution in [3.8, 4) is 6.07 Å². The van der Waals surface area contributed by atoms with Gasteiger partial charge in [-0.05, 0) is 24.1 Å². The lowest BCUT2D eigenvalue weighted by molar-refractivity contribution is 0.129. The zero-order valence-corrected chi connectivity index (χ0v) is 8.95. The molecule has 0 bridgehead atoms. The molecule has 0 heterocycles. The fourth-order valence-corrected chi connectivity index (χ4v) is 1.58. The minimum Gasteiger partial charge on any atom is -0.387 e. The van der Waals surface area contributed by atoms with E-state index in [4.69, 9.17) is 5.26 Å². The Morgan fingerprint density at radius 2 is 1.88 bits per heavy atom. The first-order valence-corrected chi connectivity index (χ1v) is 5.12. The molecule has 0 aliphatic carbocycles. The zero-order chi connectivity index (χ0) is 12.1. The van der Waals surface area contributed by atoms with Crippen LogP contribution in [0.1, 0.15) is 31.4 Å². The molecule has 0 saturated heterocycles. The molecule has 1 rings (SSSR count). The average molecular weight is 225 g/mol. The van der Waals surface area contributed by atoms with Crippen molar-refractivity contribution in [1.82, 2.24) is 0 Å². The van der Waals surface area contributed by atoms with Gasteiger partial charge in [0.05, 0.1) is 18.1 Å². The number of nitrogens with zero attached hydrogens (tertiary/aromatic N) is 1. The summed E-state index contributed by atoms with van der Waals surface area (Å²) in [5, 5.41) is 18.6. The molecule has 0 aromatic heterocycles. The highest BCUT2D eigenvalue weighted by molar-refractivity contribution is 5.22. The van der Waals surface area contributed by atoms with Crippen molar-refractivity contribution < 1.29 is 13.9 Å². The van der Waals surface area contributed by atoms with Crippen LogP contribution >= 0.6 is 0 Å². The van der Waals surface area contributed by atoms with E-state index in [1.54, 1.807) is 0 Å². The van der Waals surface area contributed by atoms with Gasteiger partial charge in [-0.15, -0.1) is 0 Å². The largest absolute Gasteiger partial charge is 0.387 e. The van der Waals surface area contributed by atoms with Gasteiger partial charge in [0.25, 0.3) is 0 Å². The van der Waals surface area contributed by atoms with Crippen LogP contribution < -0.4 is 0 Å². The van der Waals surface area contributed by atoms with Crippen LogP contribution in [0.15, 0.2) is 18.2 Å². The van der Waals surface area contributed by atoms with E-state index in [1.807, 2.05) is 13.0 Å². The minimum absolute atomic E-state index is 0.109. The third-order valence-electron chi connectivity index (χ3n) is 2.37. The summed E-state index contributed by atoms with van der Waals surface area (Å²) >= 11 is 0. The quantitative estimate of drug-likeness (QED) is 0.856. The molecule has 2 unspecified atom stereocenters. The number of hydrogen-bond donors (Lipinski definition) is 1. The maximum absolute atomic E-state index is 12.9. The van der Waals surface area contributed by atoms with Crippen molar-refractivity contribution in [2.45, 2.75) is 25.9 Å². The molecule has 0 radical (unpaired) electrons. The molecule has 0 aliphatic heterocycles. The highest BCUT2D eigenvalue weighted by atomic mass is 19.1. The van der Waals surface area contributed by atoms with Gasteiger partial charge in [0.15, 0.2) is 0 Å². The molecule has 1 aromatic rings. The molecule has 2 atom stereocenters. The maximum Gasteiger partial charge on any atom is 0.126 e. The van der Waals surface area contributed by atoms with Gasteiger partial charge in [-0.3, -0.25) is 0 Å². The Morgan fingerprint density at radius 1 is 1.31 bits per heavy atom. The Balaban J connectivity index is 2.94. The molecule has 4 heteroatoms. The van der Waals surface area contributed by atoms with Crippen LogP contribution in [0, 0.1) is 28.9 Å². The first kappa shape index (κ1) is 12.6. The molecular weight excluding hydrogens is 212 g/mol. The molecule has 16 heavy (non-hydrogen) atoms. The number of rotatable bonds is 4. The molecular formula is C12H13F2NO. The summed E-state index contributed by atoms with van der Waals surface area (Å²) in [6, 6.07) is 4.78. The molecule has 0 spiro atoms. The third kappa shape index (κ3) is 3.01. The minimum atomic E-state index is -1.14. The van der Waals surface area contributed by atoms with Crippen LogP contribution in [0.5, 0.6) is 0 Å². The average Bonchev–Trinajstić information content (AvgIpc) is 2.23. The molecule has 1 N–H and O–H groups in total. The summed E-state index contributed by atoms with van der Waals surface area (Å²) in [5.74, 6) is -2.13. The number of benzene rings is 1. The van der Waals surface area contributed by atoms with E-state index in [9.17, 15) is 13.9 Å². The first-order chi connectivity index (χ1) is 7.58. The van der Waals surface area contributed by atoms with Crippen molar-refractivity contribution >= 4 is 0 Å². The topological polar surface area (TPSA) is 44.0 Å². The molecule has 1 aromatic carbocycles. The Morgan fingerprint density at radius 3 is 2.31 bits per heavy atom. The van der Waals surface area contributed by atoms with Gasteiger partial charge in [0, 0.05) is 6.07 Å². The molecule has 0 amide bonds. The summed E-state index contributed by atoms with van der Waals surface area (Å²) in [6.07, 6.45) is 0.0817. The van der Waals surface area contributed by atoms with Crippen molar-refractivity contribution in [3.05, 3.63) is 35.4 Å². The van der Waals surface area contributed by atoms with Crippen molar-refractivity contribution in [2.75, 3.05) is 0 Å². The molecule has 0 aliphatic rings. The van der Waals surface area contributed by atoms with Gasteiger partial charge in [0.2, 0.25) is 0 Å². The van der Waals surface area contributed by atoms with E-state index >= 15 is 0 Å². The predicted molar refractivity (Wildman–Crippen MR) is 55.3 cm³/mol. The van der Waals surface area contributed by atoms with E-state index < -0.39 is 23.7 Å². The van der Waals surface area contributed by atoms with E-state index in [1.165, 1.54) is 0 Å². The highest BCUT2D eigenvalue weighted by Crippen LogP contribution is 2.26. The Hall–Kier alpha value is -1.47. The Kier molecular flexibility index (Phi) is 4.39. The summed E-state index contributed by atoms with van der Waals surface area (Å²) in [4.78, 5) is 0. The molecule has 0 saturated carbocycles. The second kappa shape index (κ2) is 5.57. The van der Waals surface area contributed by atoms with Gasteiger partial charge in [-0.2, -0.15) is 5.26 Å². The Bertz CT molecular complexity index is 380. The second-order valence-corrected chi connectivity index (χ2v) is 3.67. The van der Waals surface area contributed by atoms with Gasteiger partial charge in [-0.1, -0.05) is 13.3 Å².